The molecule has 0 saturated carbocycles. The molecule has 2 rings (SSSR count). The van der Waals surface area contributed by atoms with E-state index in [-0.39, 0.29) is 12.2 Å². The largest absolute Gasteiger partial charge is 0.364 e. The molecule has 0 saturated heterocycles. The maximum atomic E-state index is 13.1. The number of halogens is 2. The number of carbonyl (C=O) groups is 2. The molecule has 132 valence electrons. The number of hydrogen-bond acceptors (Lipinski definition) is 3. The maximum Gasteiger partial charge on any atom is 0.254 e. The maximum absolute atomic E-state index is 13.1. The van der Waals surface area contributed by atoms with Crippen LogP contribution in [-0.2, 0) is 14.3 Å². The van der Waals surface area contributed by atoms with E-state index in [4.69, 9.17) is 4.74 Å². The van der Waals surface area contributed by atoms with Gasteiger partial charge in [0, 0.05) is 18.4 Å². The van der Waals surface area contributed by atoms with Gasteiger partial charge in [0.05, 0.1) is 6.54 Å². The van der Waals surface area contributed by atoms with E-state index in [1.54, 1.807) is 31.2 Å². The van der Waals surface area contributed by atoms with Gasteiger partial charge in [-0.15, -0.1) is 0 Å². The van der Waals surface area contributed by atoms with Crippen LogP contribution in [0.1, 0.15) is 18.6 Å². The number of amides is 2. The Balaban J connectivity index is 1.92. The van der Waals surface area contributed by atoms with E-state index >= 15 is 0 Å². The quantitative estimate of drug-likeness (QED) is 0.809. The molecule has 2 amide bonds. The zero-order valence-corrected chi connectivity index (χ0v) is 13.6. The molecule has 0 bridgehead atoms. The SMILES string of the molecule is CCOC(C(=O)NCC(=O)Nc1ccc(F)c(F)c1)c1ccccc1. The first-order valence-electron chi connectivity index (χ1n) is 7.70. The van der Waals surface area contributed by atoms with Crippen molar-refractivity contribution in [3.8, 4) is 0 Å². The van der Waals surface area contributed by atoms with Crippen molar-refractivity contribution in [1.29, 1.82) is 0 Å². The molecule has 0 spiro atoms. The molecule has 0 heterocycles. The molecule has 2 N–H and O–H groups in total. The van der Waals surface area contributed by atoms with Gasteiger partial charge in [0.15, 0.2) is 17.7 Å². The van der Waals surface area contributed by atoms with Crippen molar-refractivity contribution < 1.29 is 23.1 Å². The summed E-state index contributed by atoms with van der Waals surface area (Å²) in [6, 6.07) is 11.9. The van der Waals surface area contributed by atoms with Crippen molar-refractivity contribution >= 4 is 17.5 Å². The highest BCUT2D eigenvalue weighted by atomic mass is 19.2. The number of benzene rings is 2. The van der Waals surface area contributed by atoms with E-state index in [1.165, 1.54) is 6.07 Å². The molecule has 0 aromatic heterocycles. The first kappa shape index (κ1) is 18.5. The van der Waals surface area contributed by atoms with Crippen LogP contribution >= 0.6 is 0 Å². The lowest BCUT2D eigenvalue weighted by atomic mass is 10.1. The van der Waals surface area contributed by atoms with Gasteiger partial charge >= 0.3 is 0 Å². The summed E-state index contributed by atoms with van der Waals surface area (Å²) in [7, 11) is 0. The second-order valence-corrected chi connectivity index (χ2v) is 5.14. The van der Waals surface area contributed by atoms with Crippen molar-refractivity contribution in [1.82, 2.24) is 5.32 Å². The second-order valence-electron chi connectivity index (χ2n) is 5.14. The minimum atomic E-state index is -1.07. The third-order valence-electron chi connectivity index (χ3n) is 3.30. The highest BCUT2D eigenvalue weighted by molar-refractivity contribution is 5.95. The van der Waals surface area contributed by atoms with E-state index in [0.29, 0.717) is 12.2 Å². The lowest BCUT2D eigenvalue weighted by molar-refractivity contribution is -0.134. The lowest BCUT2D eigenvalue weighted by Gasteiger charge is -2.17. The third-order valence-corrected chi connectivity index (χ3v) is 3.30. The van der Waals surface area contributed by atoms with Crippen molar-refractivity contribution in [3.05, 3.63) is 65.7 Å². The Morgan fingerprint density at radius 2 is 1.80 bits per heavy atom. The second kappa shape index (κ2) is 8.89. The van der Waals surface area contributed by atoms with Crippen molar-refractivity contribution in [2.75, 3.05) is 18.5 Å². The summed E-state index contributed by atoms with van der Waals surface area (Å²) in [5, 5.41) is 4.84. The Morgan fingerprint density at radius 1 is 1.08 bits per heavy atom. The fraction of sp³-hybridized carbons (Fsp3) is 0.222. The molecule has 5 nitrogen and oxygen atoms in total. The number of ether oxygens (including phenoxy) is 1. The van der Waals surface area contributed by atoms with E-state index in [2.05, 4.69) is 10.6 Å². The van der Waals surface area contributed by atoms with Gasteiger partial charge in [0.2, 0.25) is 5.91 Å². The van der Waals surface area contributed by atoms with Crippen molar-refractivity contribution in [3.63, 3.8) is 0 Å². The number of rotatable bonds is 7. The molecule has 25 heavy (non-hydrogen) atoms. The molecule has 2 aromatic rings. The minimum absolute atomic E-state index is 0.0996. The Labute approximate surface area is 144 Å². The highest BCUT2D eigenvalue weighted by Gasteiger charge is 2.21. The van der Waals surface area contributed by atoms with Gasteiger partial charge in [-0.2, -0.15) is 0 Å². The summed E-state index contributed by atoms with van der Waals surface area (Å²) in [4.78, 5) is 24.1. The molecule has 1 atom stereocenters. The molecule has 0 aliphatic rings. The average molecular weight is 348 g/mol. The normalized spacial score (nSPS) is 11.6. The number of nitrogens with one attached hydrogen (secondary N) is 2. The Kier molecular flexibility index (Phi) is 6.59. The summed E-state index contributed by atoms with van der Waals surface area (Å²) >= 11 is 0. The van der Waals surface area contributed by atoms with Crippen LogP contribution in [0, 0.1) is 11.6 Å². The van der Waals surface area contributed by atoms with Gasteiger partial charge in [-0.05, 0) is 24.6 Å². The minimum Gasteiger partial charge on any atom is -0.364 e. The van der Waals surface area contributed by atoms with Gasteiger partial charge in [0.1, 0.15) is 0 Å². The van der Waals surface area contributed by atoms with Crippen LogP contribution in [0.4, 0.5) is 14.5 Å². The zero-order chi connectivity index (χ0) is 18.2. The van der Waals surface area contributed by atoms with Gasteiger partial charge < -0.3 is 15.4 Å². The number of carbonyl (C=O) groups excluding carboxylic acids is 2. The molecule has 0 fully saturated rings. The van der Waals surface area contributed by atoms with E-state index in [9.17, 15) is 18.4 Å². The number of hydrogen-bond donors (Lipinski definition) is 2. The first-order valence-corrected chi connectivity index (χ1v) is 7.70. The topological polar surface area (TPSA) is 67.4 Å². The standard InChI is InChI=1S/C18H18F2N2O3/c1-2-25-17(12-6-4-3-5-7-12)18(24)21-11-16(23)22-13-8-9-14(19)15(20)10-13/h3-10,17H,2,11H2,1H3,(H,21,24)(H,22,23). The molecule has 1 unspecified atom stereocenters. The predicted molar refractivity (Wildman–Crippen MR) is 88.8 cm³/mol. The van der Waals surface area contributed by atoms with Crippen LogP contribution < -0.4 is 10.6 Å². The van der Waals surface area contributed by atoms with Gasteiger partial charge in [-0.25, -0.2) is 8.78 Å². The monoisotopic (exact) mass is 348 g/mol. The Morgan fingerprint density at radius 3 is 2.44 bits per heavy atom. The fourth-order valence-electron chi connectivity index (χ4n) is 2.16. The zero-order valence-electron chi connectivity index (χ0n) is 13.6. The lowest BCUT2D eigenvalue weighted by Crippen LogP contribution is -2.36. The molecular weight excluding hydrogens is 330 g/mol. The molecule has 0 aliphatic carbocycles. The predicted octanol–water partition coefficient (Wildman–Crippen LogP) is 2.80. The smallest absolute Gasteiger partial charge is 0.254 e. The summed E-state index contributed by atoms with van der Waals surface area (Å²) in [6.07, 6.45) is -0.831. The van der Waals surface area contributed by atoms with E-state index in [0.717, 1.165) is 12.1 Å². The fourth-order valence-corrected chi connectivity index (χ4v) is 2.16. The number of anilines is 1. The van der Waals surface area contributed by atoms with Gasteiger partial charge in [-0.1, -0.05) is 30.3 Å². The summed E-state index contributed by atoms with van der Waals surface area (Å²) in [5.74, 6) is -3.10. The average Bonchev–Trinajstić information content (AvgIpc) is 2.61. The Hall–Kier alpha value is -2.80. The molecule has 7 heteroatoms. The van der Waals surface area contributed by atoms with Crippen LogP contribution in [-0.4, -0.2) is 25.0 Å². The third kappa shape index (κ3) is 5.36. The highest BCUT2D eigenvalue weighted by Crippen LogP contribution is 2.17. The summed E-state index contributed by atoms with van der Waals surface area (Å²) in [5.41, 5.74) is 0.769. The van der Waals surface area contributed by atoms with Crippen molar-refractivity contribution in [2.45, 2.75) is 13.0 Å². The van der Waals surface area contributed by atoms with Gasteiger partial charge in [0.25, 0.3) is 5.91 Å². The molecule has 0 aliphatic heterocycles. The van der Waals surface area contributed by atoms with Crippen LogP contribution in [0.25, 0.3) is 0 Å². The molecule has 2 aromatic carbocycles. The van der Waals surface area contributed by atoms with Crippen LogP contribution in [0.5, 0.6) is 0 Å². The summed E-state index contributed by atoms with van der Waals surface area (Å²) in [6.45, 7) is 1.77. The molecular formula is C18H18F2N2O3. The van der Waals surface area contributed by atoms with E-state index < -0.39 is 29.6 Å². The van der Waals surface area contributed by atoms with Crippen LogP contribution in [0.2, 0.25) is 0 Å². The van der Waals surface area contributed by atoms with Gasteiger partial charge in [-0.3, -0.25) is 9.59 Å². The van der Waals surface area contributed by atoms with Crippen molar-refractivity contribution in [2.24, 2.45) is 0 Å². The van der Waals surface area contributed by atoms with Crippen LogP contribution in [0.15, 0.2) is 48.5 Å². The summed E-state index contributed by atoms with van der Waals surface area (Å²) < 4.78 is 31.4. The first-order chi connectivity index (χ1) is 12.0. The van der Waals surface area contributed by atoms with E-state index in [1.807, 2.05) is 6.07 Å². The molecule has 0 radical (unpaired) electrons. The Bertz CT molecular complexity index is 738. The van der Waals surface area contributed by atoms with Crippen LogP contribution in [0.3, 0.4) is 0 Å².